The molecular weight excluding hydrogens is 1180 g/mol. The number of hydrogen-bond donors (Lipinski definition) is 18. The zero-order valence-corrected chi connectivity index (χ0v) is 47.6. The van der Waals surface area contributed by atoms with Crippen LogP contribution in [0, 0.1) is 5.92 Å². The average Bonchev–Trinajstić information content (AvgIpc) is 3.63. The fraction of sp³-hybridized carbons (Fsp3) is 0.510. The van der Waals surface area contributed by atoms with E-state index in [1.165, 1.54) is 30.3 Å². The van der Waals surface area contributed by atoms with Crippen LogP contribution in [0.15, 0.2) is 36.9 Å². The molecule has 11 atom stereocenters. The van der Waals surface area contributed by atoms with Crippen molar-refractivity contribution in [3.8, 4) is 0 Å². The molecule has 0 radical (unpaired) electrons. The summed E-state index contributed by atoms with van der Waals surface area (Å²) in [6.07, 6.45) is -7.68. The number of alkyl carbamates (subject to hydrolysis) is 1. The maximum absolute atomic E-state index is 14.3. The Morgan fingerprint density at radius 2 is 1.20 bits per heavy atom. The number of ketones is 1. The van der Waals surface area contributed by atoms with Crippen molar-refractivity contribution >= 4 is 106 Å². The molecule has 1 heterocycles. The van der Waals surface area contributed by atoms with Crippen molar-refractivity contribution in [1.29, 1.82) is 0 Å². The predicted molar refractivity (Wildman–Crippen MR) is 295 cm³/mol. The first-order valence-electron chi connectivity index (χ1n) is 26.6. The highest BCUT2D eigenvalue weighted by Crippen LogP contribution is 2.17. The maximum Gasteiger partial charge on any atom is 0.407 e. The first-order chi connectivity index (χ1) is 41.3. The van der Waals surface area contributed by atoms with Crippen molar-refractivity contribution in [3.63, 3.8) is 0 Å². The molecule has 2 rings (SSSR count). The summed E-state index contributed by atoms with van der Waals surface area (Å²) < 4.78 is 10.3. The Labute approximate surface area is 499 Å². The number of aliphatic carboxylic acids is 4. The average molecular weight is 1250 g/mol. The molecule has 1 aliphatic heterocycles. The van der Waals surface area contributed by atoms with Crippen LogP contribution < -0.4 is 70.0 Å². The van der Waals surface area contributed by atoms with E-state index in [1.54, 1.807) is 0 Å². The topological polar surface area (TPSA) is 594 Å². The van der Waals surface area contributed by atoms with Gasteiger partial charge in [0, 0.05) is 24.2 Å². The summed E-state index contributed by atoms with van der Waals surface area (Å²) in [7, 11) is 0. The molecule has 1 aromatic rings. The van der Waals surface area contributed by atoms with E-state index in [-0.39, 0.29) is 30.8 Å². The Balaban J connectivity index is 2.86. The predicted octanol–water partition coefficient (Wildman–Crippen LogP) is -7.54. The van der Waals surface area contributed by atoms with E-state index in [1.807, 2.05) is 16.0 Å². The van der Waals surface area contributed by atoms with Crippen LogP contribution in [0.4, 0.5) is 10.5 Å². The quantitative estimate of drug-likeness (QED) is 0.0179. The highest BCUT2D eigenvalue weighted by atomic mass is 16.6. The molecule has 0 bridgehead atoms. The summed E-state index contributed by atoms with van der Waals surface area (Å²) in [5.41, 5.74) is 11.4. The molecule has 88 heavy (non-hydrogen) atoms. The number of carboxylic acid groups (broad SMARTS) is 4. The third-order valence-electron chi connectivity index (χ3n) is 12.4. The zero-order chi connectivity index (χ0) is 66.5. The van der Waals surface area contributed by atoms with E-state index in [0.717, 1.165) is 20.8 Å². The van der Waals surface area contributed by atoms with Crippen LogP contribution in [0.25, 0.3) is 0 Å². The smallest absolute Gasteiger partial charge is 0.407 e. The Kier molecular flexibility index (Phi) is 30.6. The van der Waals surface area contributed by atoms with E-state index in [9.17, 15) is 107 Å². The first-order valence-corrected chi connectivity index (χ1v) is 26.6. The number of Topliss-reactive ketones (excluding diaryl/α,β-unsaturated/α-hetero) is 1. The molecule has 11 amide bonds. The Morgan fingerprint density at radius 1 is 0.670 bits per heavy atom. The van der Waals surface area contributed by atoms with Crippen LogP contribution in [0.1, 0.15) is 76.1 Å². The van der Waals surface area contributed by atoms with Crippen LogP contribution in [0.5, 0.6) is 0 Å². The molecule has 1 aliphatic rings. The summed E-state index contributed by atoms with van der Waals surface area (Å²) in [6.45, 7) is 2.45. The molecule has 1 aromatic carbocycles. The highest BCUT2D eigenvalue weighted by molar-refractivity contribution is 6.04. The van der Waals surface area contributed by atoms with Crippen LogP contribution in [-0.2, 0) is 81.4 Å². The molecule has 9 unspecified atom stereocenters. The van der Waals surface area contributed by atoms with Gasteiger partial charge in [-0.2, -0.15) is 0 Å². The van der Waals surface area contributed by atoms with Gasteiger partial charge in [0.1, 0.15) is 61.0 Å². The summed E-state index contributed by atoms with van der Waals surface area (Å²) in [5.74, 6) is -24.1. The number of amides is 11. The number of nitrogen functional groups attached to an aromatic ring is 1. The number of esters is 1. The van der Waals surface area contributed by atoms with Crippen molar-refractivity contribution in [2.75, 3.05) is 38.6 Å². The second kappa shape index (κ2) is 36.5. The number of ether oxygens (including phenoxy) is 2. The van der Waals surface area contributed by atoms with E-state index in [4.69, 9.17) is 20.9 Å². The van der Waals surface area contributed by atoms with E-state index in [0.29, 0.717) is 0 Å². The lowest BCUT2D eigenvalue weighted by Gasteiger charge is -2.29. The molecule has 37 heteroatoms. The lowest BCUT2D eigenvalue weighted by molar-refractivity contribution is -0.156. The highest BCUT2D eigenvalue weighted by Gasteiger charge is 2.39. The molecule has 1 fully saturated rings. The normalized spacial score (nSPS) is 23.4. The standard InChI is InChI=1S/C51H71N13O24/c1-5-13-87-51(86)54-12-8-11-28-45(80)61-30(18-39(75)76)46(81)57-23(3)42(77)60-29(17-38(73)74)44(79)55-19-35(68)59-32(21-65)47(82)63-40(22(2)14-36(69)70)49(84)62-31(16-33(66)25-9-6-7-10-26(25)52)50(85)88-24(4)41(48(83)56-20-34(67)58-28)64-43(78)27(53)15-37(71)72/h5-7,9-10,22-24,27-32,40-41,65H,1,8,11-21,52-53H2,2-4H3,(H,54,86)(H,55,79)(H,56,83)(H,57,81)(H,58,67)(H,59,68)(H,60,77)(H,61,80)(H,62,84)(H,63,82)(H,64,78)(H,69,70)(H,71,72)(H,73,74)(H,75,76)/t22-,23?,24?,27?,28?,29?,30?,31?,32?,40+,41?/m0/s1. The summed E-state index contributed by atoms with van der Waals surface area (Å²) in [4.78, 5) is 224. The van der Waals surface area contributed by atoms with Gasteiger partial charge < -0.3 is 105 Å². The number of benzene rings is 1. The van der Waals surface area contributed by atoms with Gasteiger partial charge in [0.25, 0.3) is 0 Å². The molecule has 1 saturated heterocycles. The third kappa shape index (κ3) is 25.9. The van der Waals surface area contributed by atoms with E-state index in [2.05, 4.69) is 49.1 Å². The molecule has 484 valence electrons. The van der Waals surface area contributed by atoms with Gasteiger partial charge in [-0.3, -0.25) is 71.9 Å². The van der Waals surface area contributed by atoms with Gasteiger partial charge in [0.15, 0.2) is 5.78 Å². The van der Waals surface area contributed by atoms with Gasteiger partial charge in [-0.05, 0) is 44.7 Å². The lowest BCUT2D eigenvalue weighted by Crippen LogP contribution is -2.60. The summed E-state index contributed by atoms with van der Waals surface area (Å²) >= 11 is 0. The number of anilines is 1. The van der Waals surface area contributed by atoms with Gasteiger partial charge in [-0.15, -0.1) is 0 Å². The minimum Gasteiger partial charge on any atom is -0.481 e. The van der Waals surface area contributed by atoms with Crippen LogP contribution in [0.3, 0.4) is 0 Å². The number of cyclic esters (lactones) is 1. The minimum absolute atomic E-state index is 0.135. The summed E-state index contributed by atoms with van der Waals surface area (Å²) in [6, 6.07) is -12.7. The SMILES string of the molecule is C=CCOC(=O)NCCCC1NC(=O)CNC(=O)C(NC(=O)C(N)CC(=O)O)C(C)OC(=O)C(CC(=O)c2ccccc2N)NC(=O)[C@@H]([C@@H](C)CC(=O)O)NC(=O)C(CO)NC(=O)CNC(=O)C(CC(=O)O)NC(=O)C(C)NC(=O)C(CC(=O)O)NC1=O. The second-order valence-electron chi connectivity index (χ2n) is 19.5. The number of aliphatic hydroxyl groups excluding tert-OH is 1. The van der Waals surface area contributed by atoms with Crippen LogP contribution >= 0.6 is 0 Å². The molecule has 20 N–H and O–H groups in total. The van der Waals surface area contributed by atoms with Gasteiger partial charge >= 0.3 is 35.9 Å². The fourth-order valence-corrected chi connectivity index (χ4v) is 7.81. The van der Waals surface area contributed by atoms with E-state index >= 15 is 0 Å². The van der Waals surface area contributed by atoms with Gasteiger partial charge in [-0.25, -0.2) is 9.59 Å². The van der Waals surface area contributed by atoms with Gasteiger partial charge in [0.2, 0.25) is 59.1 Å². The van der Waals surface area contributed by atoms with Crippen LogP contribution in [0.2, 0.25) is 0 Å². The van der Waals surface area contributed by atoms with Gasteiger partial charge in [-0.1, -0.05) is 31.7 Å². The number of nitrogens with two attached hydrogens (primary N) is 2. The van der Waals surface area contributed by atoms with E-state index < -0.39 is 225 Å². The molecule has 0 aliphatic carbocycles. The number of para-hydroxylation sites is 1. The molecular formula is C51H71N13O24. The Morgan fingerprint density at radius 3 is 1.77 bits per heavy atom. The number of aliphatic hydroxyl groups is 1. The Hall–Kier alpha value is -10.3. The first kappa shape index (κ1) is 73.8. The molecule has 0 aromatic heterocycles. The second-order valence-corrected chi connectivity index (χ2v) is 19.5. The number of nitrogens with one attached hydrogen (secondary N) is 11. The number of carbonyl (C=O) groups is 17. The monoisotopic (exact) mass is 1250 g/mol. The largest absolute Gasteiger partial charge is 0.481 e. The lowest BCUT2D eigenvalue weighted by atomic mass is 9.96. The van der Waals surface area contributed by atoms with Gasteiger partial charge in [0.05, 0.1) is 51.4 Å². The summed E-state index contributed by atoms with van der Waals surface area (Å²) in [5, 5.41) is 71.7. The zero-order valence-electron chi connectivity index (χ0n) is 47.6. The third-order valence-corrected chi connectivity index (χ3v) is 12.4. The maximum atomic E-state index is 14.3. The molecule has 0 spiro atoms. The van der Waals surface area contributed by atoms with Crippen molar-refractivity contribution in [1.82, 2.24) is 58.5 Å². The fourth-order valence-electron chi connectivity index (χ4n) is 7.81. The van der Waals surface area contributed by atoms with Crippen LogP contribution in [-0.4, -0.2) is 220 Å². The number of rotatable bonds is 21. The minimum atomic E-state index is -2.20. The Bertz CT molecular complexity index is 2820. The number of carboxylic acids is 4. The number of carbonyl (C=O) groups excluding carboxylic acids is 13. The molecule has 37 nitrogen and oxygen atoms in total. The van der Waals surface area contributed by atoms with Crippen molar-refractivity contribution < 1.29 is 117 Å². The number of hydrogen-bond acceptors (Lipinski definition) is 22. The van der Waals surface area contributed by atoms with Crippen molar-refractivity contribution in [2.24, 2.45) is 11.7 Å². The van der Waals surface area contributed by atoms with Crippen molar-refractivity contribution in [3.05, 3.63) is 42.5 Å². The van der Waals surface area contributed by atoms with Crippen molar-refractivity contribution in [2.45, 2.75) is 126 Å². The molecule has 0 saturated carbocycles.